The standard InChI is InChI=1S/C20H25Cl2N7O2/c21-15-2-1-14(11-16(15)22)12-24-20-26-17-13-25-29(18(17)19(30)27-20)8-10-31-9-7-28-5-3-23-4-6-28/h1-2,11,13,23H,3-10,12H2,(H2,24,26,27,30). The van der Waals surface area contributed by atoms with E-state index in [1.165, 1.54) is 0 Å². The van der Waals surface area contributed by atoms with Gasteiger partial charge in [0, 0.05) is 39.3 Å². The Balaban J connectivity index is 1.31. The van der Waals surface area contributed by atoms with E-state index in [0.717, 1.165) is 38.3 Å². The molecular formula is C20H25Cl2N7O2. The fourth-order valence-electron chi connectivity index (χ4n) is 3.48. The number of fused-ring (bicyclic) bond motifs is 1. The number of H-pyrrole nitrogens is 1. The molecule has 11 heteroatoms. The molecule has 2 aromatic heterocycles. The highest BCUT2D eigenvalue weighted by Crippen LogP contribution is 2.22. The monoisotopic (exact) mass is 465 g/mol. The maximum absolute atomic E-state index is 12.6. The second-order valence-electron chi connectivity index (χ2n) is 7.32. The molecule has 1 aliphatic heterocycles. The Labute approximate surface area is 189 Å². The highest BCUT2D eigenvalue weighted by Gasteiger charge is 2.12. The van der Waals surface area contributed by atoms with Crippen LogP contribution in [0.4, 0.5) is 5.95 Å². The maximum Gasteiger partial charge on any atom is 0.278 e. The van der Waals surface area contributed by atoms with Crippen molar-refractivity contribution in [3.05, 3.63) is 50.4 Å². The van der Waals surface area contributed by atoms with Crippen molar-refractivity contribution in [1.29, 1.82) is 0 Å². The Morgan fingerprint density at radius 3 is 2.74 bits per heavy atom. The number of hydrogen-bond acceptors (Lipinski definition) is 7. The van der Waals surface area contributed by atoms with Gasteiger partial charge < -0.3 is 15.4 Å². The first-order valence-electron chi connectivity index (χ1n) is 10.2. The molecule has 9 nitrogen and oxygen atoms in total. The van der Waals surface area contributed by atoms with E-state index < -0.39 is 0 Å². The highest BCUT2D eigenvalue weighted by molar-refractivity contribution is 6.42. The summed E-state index contributed by atoms with van der Waals surface area (Å²) >= 11 is 12.0. The average molecular weight is 466 g/mol. The fraction of sp³-hybridized carbons (Fsp3) is 0.450. The number of anilines is 1. The van der Waals surface area contributed by atoms with Gasteiger partial charge in [-0.1, -0.05) is 29.3 Å². The number of benzene rings is 1. The minimum absolute atomic E-state index is 0.250. The molecule has 3 N–H and O–H groups in total. The van der Waals surface area contributed by atoms with Gasteiger partial charge in [-0.25, -0.2) is 4.98 Å². The van der Waals surface area contributed by atoms with Gasteiger partial charge >= 0.3 is 0 Å². The first-order chi connectivity index (χ1) is 15.1. The molecule has 3 heterocycles. The van der Waals surface area contributed by atoms with Crippen LogP contribution in [0.15, 0.2) is 29.2 Å². The van der Waals surface area contributed by atoms with E-state index in [4.69, 9.17) is 27.9 Å². The summed E-state index contributed by atoms with van der Waals surface area (Å²) in [6.45, 7) is 7.16. The van der Waals surface area contributed by atoms with Gasteiger partial charge in [-0.05, 0) is 17.7 Å². The van der Waals surface area contributed by atoms with Crippen molar-refractivity contribution < 1.29 is 4.74 Å². The quantitative estimate of drug-likeness (QED) is 0.415. The number of nitrogens with zero attached hydrogens (tertiary/aromatic N) is 4. The zero-order chi connectivity index (χ0) is 21.6. The lowest BCUT2D eigenvalue weighted by atomic mass is 10.2. The molecule has 0 radical (unpaired) electrons. The van der Waals surface area contributed by atoms with Crippen LogP contribution in [0.2, 0.25) is 10.0 Å². The molecular weight excluding hydrogens is 441 g/mol. The molecule has 0 amide bonds. The first kappa shape index (κ1) is 22.0. The molecule has 31 heavy (non-hydrogen) atoms. The van der Waals surface area contributed by atoms with Crippen molar-refractivity contribution >= 4 is 40.2 Å². The molecule has 4 rings (SSSR count). The number of rotatable bonds is 9. The van der Waals surface area contributed by atoms with E-state index in [0.29, 0.717) is 53.3 Å². The lowest BCUT2D eigenvalue weighted by Crippen LogP contribution is -2.44. The molecule has 1 aromatic carbocycles. The van der Waals surface area contributed by atoms with Crippen molar-refractivity contribution in [3.63, 3.8) is 0 Å². The smallest absolute Gasteiger partial charge is 0.278 e. The molecule has 0 unspecified atom stereocenters. The fourth-order valence-corrected chi connectivity index (χ4v) is 3.80. The number of ether oxygens (including phenoxy) is 1. The summed E-state index contributed by atoms with van der Waals surface area (Å²) in [6, 6.07) is 5.36. The predicted molar refractivity (Wildman–Crippen MR) is 122 cm³/mol. The summed E-state index contributed by atoms with van der Waals surface area (Å²) < 4.78 is 7.37. The van der Waals surface area contributed by atoms with Crippen LogP contribution in [0.25, 0.3) is 11.0 Å². The van der Waals surface area contributed by atoms with Crippen LogP contribution < -0.4 is 16.2 Å². The van der Waals surface area contributed by atoms with Crippen molar-refractivity contribution in [2.75, 3.05) is 51.3 Å². The Bertz CT molecular complexity index is 1080. The number of hydrogen-bond donors (Lipinski definition) is 3. The predicted octanol–water partition coefficient (Wildman–Crippen LogP) is 1.96. The molecule has 0 bridgehead atoms. The molecule has 0 atom stereocenters. The maximum atomic E-state index is 12.6. The van der Waals surface area contributed by atoms with Gasteiger partial charge in [0.25, 0.3) is 5.56 Å². The molecule has 3 aromatic rings. The van der Waals surface area contributed by atoms with Crippen molar-refractivity contribution in [2.45, 2.75) is 13.1 Å². The van der Waals surface area contributed by atoms with Gasteiger partial charge in [-0.3, -0.25) is 19.4 Å². The van der Waals surface area contributed by atoms with Crippen molar-refractivity contribution in [2.24, 2.45) is 0 Å². The number of nitrogens with one attached hydrogen (secondary N) is 3. The zero-order valence-electron chi connectivity index (χ0n) is 17.0. The SMILES string of the molecule is O=c1[nH]c(NCc2ccc(Cl)c(Cl)c2)nc2cnn(CCOCCN3CCNCC3)c12. The lowest BCUT2D eigenvalue weighted by molar-refractivity contribution is 0.0927. The highest BCUT2D eigenvalue weighted by atomic mass is 35.5. The second-order valence-corrected chi connectivity index (χ2v) is 8.14. The number of piperazine rings is 1. The van der Waals surface area contributed by atoms with E-state index in [1.807, 2.05) is 6.07 Å². The Morgan fingerprint density at radius 2 is 1.94 bits per heavy atom. The van der Waals surface area contributed by atoms with Gasteiger partial charge in [0.05, 0.1) is 36.0 Å². The number of halogens is 2. The molecule has 1 fully saturated rings. The third-order valence-corrected chi connectivity index (χ3v) is 5.89. The normalized spacial score (nSPS) is 14.9. The summed E-state index contributed by atoms with van der Waals surface area (Å²) in [5.74, 6) is 0.371. The number of aromatic nitrogens is 4. The van der Waals surface area contributed by atoms with Gasteiger partial charge in [0.1, 0.15) is 5.52 Å². The molecule has 0 aliphatic carbocycles. The summed E-state index contributed by atoms with van der Waals surface area (Å²) in [4.78, 5) is 22.2. The van der Waals surface area contributed by atoms with Crippen LogP contribution in [-0.4, -0.2) is 70.6 Å². The molecule has 0 spiro atoms. The van der Waals surface area contributed by atoms with E-state index in [2.05, 4.69) is 30.6 Å². The average Bonchev–Trinajstić information content (AvgIpc) is 3.18. The van der Waals surface area contributed by atoms with E-state index in [-0.39, 0.29) is 5.56 Å². The second kappa shape index (κ2) is 10.4. The lowest BCUT2D eigenvalue weighted by Gasteiger charge is -2.26. The summed E-state index contributed by atoms with van der Waals surface area (Å²) in [5, 5.41) is 11.7. The van der Waals surface area contributed by atoms with Gasteiger partial charge in [0.15, 0.2) is 5.52 Å². The van der Waals surface area contributed by atoms with Crippen molar-refractivity contribution in [1.82, 2.24) is 30.0 Å². The van der Waals surface area contributed by atoms with Crippen LogP contribution in [0, 0.1) is 0 Å². The summed E-state index contributed by atoms with van der Waals surface area (Å²) in [5.41, 5.74) is 1.64. The van der Waals surface area contributed by atoms with E-state index in [1.54, 1.807) is 23.0 Å². The largest absolute Gasteiger partial charge is 0.378 e. The molecule has 166 valence electrons. The zero-order valence-corrected chi connectivity index (χ0v) is 18.5. The summed E-state index contributed by atoms with van der Waals surface area (Å²) in [6.07, 6.45) is 1.59. The van der Waals surface area contributed by atoms with Crippen LogP contribution in [-0.2, 0) is 17.8 Å². The van der Waals surface area contributed by atoms with Crippen LogP contribution >= 0.6 is 23.2 Å². The van der Waals surface area contributed by atoms with Gasteiger partial charge in [-0.2, -0.15) is 5.10 Å². The molecule has 1 aliphatic rings. The van der Waals surface area contributed by atoms with E-state index >= 15 is 0 Å². The van der Waals surface area contributed by atoms with Gasteiger partial charge in [0.2, 0.25) is 5.95 Å². The van der Waals surface area contributed by atoms with Gasteiger partial charge in [-0.15, -0.1) is 0 Å². The van der Waals surface area contributed by atoms with Crippen LogP contribution in [0.1, 0.15) is 5.56 Å². The first-order valence-corrected chi connectivity index (χ1v) is 11.0. The molecule has 1 saturated heterocycles. The molecule has 0 saturated carbocycles. The van der Waals surface area contributed by atoms with Crippen LogP contribution in [0.3, 0.4) is 0 Å². The van der Waals surface area contributed by atoms with E-state index in [9.17, 15) is 4.79 Å². The Kier molecular flexibility index (Phi) is 7.41. The number of aromatic amines is 1. The third kappa shape index (κ3) is 5.75. The Hall–Kier alpha value is -2.17. The van der Waals surface area contributed by atoms with Crippen molar-refractivity contribution in [3.8, 4) is 0 Å². The Morgan fingerprint density at radius 1 is 1.13 bits per heavy atom. The van der Waals surface area contributed by atoms with Crippen LogP contribution in [0.5, 0.6) is 0 Å². The minimum Gasteiger partial charge on any atom is -0.378 e. The topological polar surface area (TPSA) is 100 Å². The minimum atomic E-state index is -0.250. The summed E-state index contributed by atoms with van der Waals surface area (Å²) in [7, 11) is 0. The third-order valence-electron chi connectivity index (χ3n) is 5.15.